The summed E-state index contributed by atoms with van der Waals surface area (Å²) in [7, 11) is 0. The lowest BCUT2D eigenvalue weighted by Gasteiger charge is -2.05. The molecule has 0 amide bonds. The van der Waals surface area contributed by atoms with Crippen molar-refractivity contribution in [2.24, 2.45) is 0 Å². The van der Waals surface area contributed by atoms with Gasteiger partial charge in [0.25, 0.3) is 0 Å². The molecular weight excluding hydrogens is 334 g/mol. The molecule has 0 saturated carbocycles. The van der Waals surface area contributed by atoms with Crippen LogP contribution in [0.1, 0.15) is 10.6 Å². The molecule has 4 heteroatoms. The fourth-order valence-corrected chi connectivity index (χ4v) is 3.56. The molecule has 0 radical (unpaired) electrons. The second-order valence-electron chi connectivity index (χ2n) is 4.45. The van der Waals surface area contributed by atoms with Gasteiger partial charge >= 0.3 is 0 Å². The van der Waals surface area contributed by atoms with E-state index in [-0.39, 0.29) is 0 Å². The Hall–Kier alpha value is -1.39. The average molecular weight is 348 g/mol. The van der Waals surface area contributed by atoms with E-state index in [4.69, 9.17) is 4.74 Å². The average Bonchev–Trinajstić information content (AvgIpc) is 2.88. The van der Waals surface area contributed by atoms with Crippen molar-refractivity contribution in [3.8, 4) is 5.75 Å². The molecule has 0 N–H and O–H groups in total. The number of ether oxygens (including phenoxy) is 1. The molecule has 0 saturated heterocycles. The highest BCUT2D eigenvalue weighted by Gasteiger charge is 2.05. The van der Waals surface area contributed by atoms with E-state index < -0.39 is 0 Å². The molecule has 0 aliphatic heterocycles. The summed E-state index contributed by atoms with van der Waals surface area (Å²) in [6, 6.07) is 16.3. The first kappa shape index (κ1) is 13.6. The molecule has 2 aromatic carbocycles. The standard InChI is InChI=1S/C16H14BrNOS/c17-9-8-16-18-14-10-13(6-7-15(14)20-16)19-11-12-4-2-1-3-5-12/h1-7,10H,8-9,11H2. The topological polar surface area (TPSA) is 22.1 Å². The van der Waals surface area contributed by atoms with Crippen LogP contribution in [0.15, 0.2) is 48.5 Å². The third-order valence-electron chi connectivity index (χ3n) is 2.96. The molecule has 2 nitrogen and oxygen atoms in total. The lowest BCUT2D eigenvalue weighted by Crippen LogP contribution is -1.94. The number of hydrogen-bond acceptors (Lipinski definition) is 3. The molecule has 0 unspecified atom stereocenters. The van der Waals surface area contributed by atoms with Gasteiger partial charge in [0, 0.05) is 17.8 Å². The fraction of sp³-hybridized carbons (Fsp3) is 0.188. The zero-order valence-corrected chi connectivity index (χ0v) is 13.3. The smallest absolute Gasteiger partial charge is 0.122 e. The molecule has 0 bridgehead atoms. The van der Waals surface area contributed by atoms with E-state index >= 15 is 0 Å². The van der Waals surface area contributed by atoms with E-state index in [1.165, 1.54) is 10.3 Å². The van der Waals surface area contributed by atoms with Crippen molar-refractivity contribution in [3.63, 3.8) is 0 Å². The largest absolute Gasteiger partial charge is 0.489 e. The molecule has 0 spiro atoms. The Labute approximate surface area is 130 Å². The van der Waals surface area contributed by atoms with Crippen LogP contribution in [0.4, 0.5) is 0 Å². The molecule has 0 fully saturated rings. The van der Waals surface area contributed by atoms with Crippen LogP contribution >= 0.6 is 27.3 Å². The van der Waals surface area contributed by atoms with Crippen LogP contribution in [0.5, 0.6) is 5.75 Å². The lowest BCUT2D eigenvalue weighted by atomic mass is 10.2. The minimum absolute atomic E-state index is 0.588. The minimum atomic E-state index is 0.588. The Bertz CT molecular complexity index is 696. The van der Waals surface area contributed by atoms with Gasteiger partial charge in [0.05, 0.1) is 15.2 Å². The Morgan fingerprint density at radius 3 is 2.75 bits per heavy atom. The summed E-state index contributed by atoms with van der Waals surface area (Å²) >= 11 is 5.20. The zero-order valence-electron chi connectivity index (χ0n) is 10.9. The summed E-state index contributed by atoms with van der Waals surface area (Å²) in [6.07, 6.45) is 0.972. The first-order chi connectivity index (χ1) is 9.85. The third-order valence-corrected chi connectivity index (χ3v) is 4.45. The van der Waals surface area contributed by atoms with Crippen LogP contribution in [0.2, 0.25) is 0 Å². The van der Waals surface area contributed by atoms with Gasteiger partial charge in [0.2, 0.25) is 0 Å². The van der Waals surface area contributed by atoms with Gasteiger partial charge in [-0.1, -0.05) is 46.3 Å². The Balaban J connectivity index is 1.75. The quantitative estimate of drug-likeness (QED) is 0.617. The number of benzene rings is 2. The summed E-state index contributed by atoms with van der Waals surface area (Å²) in [6.45, 7) is 0.588. The monoisotopic (exact) mass is 347 g/mol. The third kappa shape index (κ3) is 3.19. The summed E-state index contributed by atoms with van der Waals surface area (Å²) in [5.41, 5.74) is 2.20. The van der Waals surface area contributed by atoms with Crippen molar-refractivity contribution < 1.29 is 4.74 Å². The molecule has 1 heterocycles. The molecule has 1 aromatic heterocycles. The number of hydrogen-bond donors (Lipinski definition) is 0. The van der Waals surface area contributed by atoms with Gasteiger partial charge in [0.1, 0.15) is 12.4 Å². The number of aryl methyl sites for hydroxylation is 1. The van der Waals surface area contributed by atoms with E-state index in [2.05, 4.69) is 39.1 Å². The van der Waals surface area contributed by atoms with Gasteiger partial charge in [-0.2, -0.15) is 0 Å². The summed E-state index contributed by atoms with van der Waals surface area (Å²) in [5, 5.41) is 2.11. The van der Waals surface area contributed by atoms with Crippen LogP contribution < -0.4 is 4.74 Å². The van der Waals surface area contributed by atoms with Gasteiger partial charge in [-0.3, -0.25) is 0 Å². The predicted molar refractivity (Wildman–Crippen MR) is 87.9 cm³/mol. The number of halogens is 1. The van der Waals surface area contributed by atoms with Crippen molar-refractivity contribution in [1.82, 2.24) is 4.98 Å². The number of nitrogens with zero attached hydrogens (tertiary/aromatic N) is 1. The predicted octanol–water partition coefficient (Wildman–Crippen LogP) is 4.81. The normalized spacial score (nSPS) is 10.8. The zero-order chi connectivity index (χ0) is 13.8. The van der Waals surface area contributed by atoms with E-state index in [9.17, 15) is 0 Å². The number of aromatic nitrogens is 1. The van der Waals surface area contributed by atoms with E-state index in [0.717, 1.165) is 28.0 Å². The van der Waals surface area contributed by atoms with Gasteiger partial charge in [-0.15, -0.1) is 11.3 Å². The molecule has 3 aromatic rings. The van der Waals surface area contributed by atoms with Crippen LogP contribution in [-0.2, 0) is 13.0 Å². The van der Waals surface area contributed by atoms with E-state index in [0.29, 0.717) is 6.61 Å². The maximum absolute atomic E-state index is 5.82. The minimum Gasteiger partial charge on any atom is -0.489 e. The number of rotatable bonds is 5. The first-order valence-electron chi connectivity index (χ1n) is 6.47. The Morgan fingerprint density at radius 2 is 1.95 bits per heavy atom. The van der Waals surface area contributed by atoms with Crippen molar-refractivity contribution >= 4 is 37.5 Å². The molecule has 0 aliphatic carbocycles. The van der Waals surface area contributed by atoms with Crippen LogP contribution in [0.25, 0.3) is 10.2 Å². The molecular formula is C16H14BrNOS. The second kappa shape index (κ2) is 6.37. The fourth-order valence-electron chi connectivity index (χ4n) is 1.97. The summed E-state index contributed by atoms with van der Waals surface area (Å²) in [4.78, 5) is 4.63. The van der Waals surface area contributed by atoms with Crippen molar-refractivity contribution in [2.45, 2.75) is 13.0 Å². The molecule has 102 valence electrons. The molecule has 0 atom stereocenters. The van der Waals surface area contributed by atoms with Crippen molar-refractivity contribution in [1.29, 1.82) is 0 Å². The molecule has 20 heavy (non-hydrogen) atoms. The van der Waals surface area contributed by atoms with Crippen molar-refractivity contribution in [3.05, 3.63) is 59.1 Å². The van der Waals surface area contributed by atoms with Gasteiger partial charge in [0.15, 0.2) is 0 Å². The summed E-state index contributed by atoms with van der Waals surface area (Å²) < 4.78 is 7.04. The van der Waals surface area contributed by atoms with Crippen LogP contribution in [-0.4, -0.2) is 10.3 Å². The van der Waals surface area contributed by atoms with Gasteiger partial charge in [-0.05, 0) is 17.7 Å². The van der Waals surface area contributed by atoms with Crippen molar-refractivity contribution in [2.75, 3.05) is 5.33 Å². The SMILES string of the molecule is BrCCc1nc2cc(OCc3ccccc3)ccc2s1. The van der Waals surface area contributed by atoms with Crippen LogP contribution in [0.3, 0.4) is 0 Å². The highest BCUT2D eigenvalue weighted by Crippen LogP contribution is 2.27. The lowest BCUT2D eigenvalue weighted by molar-refractivity contribution is 0.306. The van der Waals surface area contributed by atoms with Gasteiger partial charge in [-0.25, -0.2) is 4.98 Å². The number of alkyl halides is 1. The van der Waals surface area contributed by atoms with E-state index in [1.807, 2.05) is 30.3 Å². The second-order valence-corrected chi connectivity index (χ2v) is 6.36. The highest BCUT2D eigenvalue weighted by atomic mass is 79.9. The number of thiazole rings is 1. The maximum Gasteiger partial charge on any atom is 0.122 e. The number of fused-ring (bicyclic) bond motifs is 1. The Kier molecular flexibility index (Phi) is 4.33. The van der Waals surface area contributed by atoms with Gasteiger partial charge < -0.3 is 4.74 Å². The molecule has 0 aliphatic rings. The highest BCUT2D eigenvalue weighted by molar-refractivity contribution is 9.09. The molecule has 3 rings (SSSR count). The Morgan fingerprint density at radius 1 is 1.10 bits per heavy atom. The first-order valence-corrected chi connectivity index (χ1v) is 8.41. The van der Waals surface area contributed by atoms with E-state index in [1.54, 1.807) is 11.3 Å². The van der Waals surface area contributed by atoms with Crippen LogP contribution in [0, 0.1) is 0 Å². The summed E-state index contributed by atoms with van der Waals surface area (Å²) in [5.74, 6) is 0.872. The maximum atomic E-state index is 5.82.